The number of carbonyl (C=O) groups is 1. The predicted octanol–water partition coefficient (Wildman–Crippen LogP) is 4.79. The first-order valence-corrected chi connectivity index (χ1v) is 12.9. The number of anilines is 1. The molecule has 3 aromatic rings. The third-order valence-electron chi connectivity index (χ3n) is 6.23. The van der Waals surface area contributed by atoms with E-state index in [2.05, 4.69) is 15.3 Å². The standard InChI is InChI=1S/C25H26Cl3N5O4/c1-3-33-23-13(12-30-25(32-23)31-16-7-4-6-15(16)29)10-14(24(33)35)20-21(27)17(36-2)11-18(22(20)28)37-9-5-8-19(26)34/h5,8,10-12,15-16H,3-4,6-7,9,29H2,1-2H3,(H,30,31,32)/t15-,16?/m0/s1. The first-order chi connectivity index (χ1) is 17.7. The van der Waals surface area contributed by atoms with Crippen molar-refractivity contribution in [1.29, 1.82) is 0 Å². The average Bonchev–Trinajstić information content (AvgIpc) is 3.27. The van der Waals surface area contributed by atoms with Crippen LogP contribution < -0.4 is 26.1 Å². The number of benzene rings is 1. The number of hydrogen-bond donors (Lipinski definition) is 2. The second kappa shape index (κ2) is 11.7. The number of methoxy groups -OCH3 is 1. The van der Waals surface area contributed by atoms with Crippen LogP contribution in [0.25, 0.3) is 22.2 Å². The number of allylic oxidation sites excluding steroid dienone is 1. The molecule has 4 rings (SSSR count). The summed E-state index contributed by atoms with van der Waals surface area (Å²) in [6.07, 6.45) is 7.18. The summed E-state index contributed by atoms with van der Waals surface area (Å²) in [4.78, 5) is 33.7. The van der Waals surface area contributed by atoms with Crippen molar-refractivity contribution in [2.45, 2.75) is 44.8 Å². The molecule has 0 bridgehead atoms. The van der Waals surface area contributed by atoms with Crippen LogP contribution in [0.3, 0.4) is 0 Å². The molecule has 2 aromatic heterocycles. The highest BCUT2D eigenvalue weighted by Crippen LogP contribution is 2.45. The van der Waals surface area contributed by atoms with Crippen molar-refractivity contribution < 1.29 is 14.3 Å². The number of nitrogens with two attached hydrogens (primary N) is 1. The molecule has 1 fully saturated rings. The number of aromatic nitrogens is 3. The van der Waals surface area contributed by atoms with Crippen LogP contribution in [-0.2, 0) is 11.3 Å². The molecule has 12 heteroatoms. The van der Waals surface area contributed by atoms with Gasteiger partial charge in [0.25, 0.3) is 5.56 Å². The lowest BCUT2D eigenvalue weighted by atomic mass is 10.0. The molecule has 0 aliphatic heterocycles. The summed E-state index contributed by atoms with van der Waals surface area (Å²) < 4.78 is 12.6. The topological polar surface area (TPSA) is 121 Å². The second-order valence-corrected chi connectivity index (χ2v) is 9.65. The minimum Gasteiger partial charge on any atom is -0.495 e. The highest BCUT2D eigenvalue weighted by molar-refractivity contribution is 6.66. The smallest absolute Gasteiger partial charge is 0.260 e. The Morgan fingerprint density at radius 1 is 1.27 bits per heavy atom. The molecule has 2 heterocycles. The van der Waals surface area contributed by atoms with Gasteiger partial charge in [-0.15, -0.1) is 0 Å². The number of pyridine rings is 1. The molecular formula is C25H26Cl3N5O4. The Balaban J connectivity index is 1.81. The zero-order chi connectivity index (χ0) is 26.7. The lowest BCUT2D eigenvalue weighted by Crippen LogP contribution is -2.35. The number of ether oxygens (including phenoxy) is 2. The van der Waals surface area contributed by atoms with Crippen molar-refractivity contribution in [3.63, 3.8) is 0 Å². The van der Waals surface area contributed by atoms with Crippen LogP contribution in [0.1, 0.15) is 26.2 Å². The lowest BCUT2D eigenvalue weighted by molar-refractivity contribution is -0.107. The maximum absolute atomic E-state index is 13.7. The van der Waals surface area contributed by atoms with Crippen molar-refractivity contribution in [2.24, 2.45) is 5.73 Å². The summed E-state index contributed by atoms with van der Waals surface area (Å²) in [5.74, 6) is 0.899. The average molecular weight is 567 g/mol. The molecule has 1 unspecified atom stereocenters. The summed E-state index contributed by atoms with van der Waals surface area (Å²) in [6.45, 7) is 2.20. The third kappa shape index (κ3) is 5.70. The summed E-state index contributed by atoms with van der Waals surface area (Å²) in [7, 11) is 1.44. The molecule has 3 N–H and O–H groups in total. The lowest BCUT2D eigenvalue weighted by Gasteiger charge is -2.19. The van der Waals surface area contributed by atoms with Gasteiger partial charge < -0.3 is 20.5 Å². The molecule has 0 spiro atoms. The molecule has 1 aliphatic carbocycles. The molecule has 0 radical (unpaired) electrons. The number of halogens is 3. The first-order valence-electron chi connectivity index (χ1n) is 11.7. The van der Waals surface area contributed by atoms with Gasteiger partial charge in [0, 0.05) is 41.8 Å². The summed E-state index contributed by atoms with van der Waals surface area (Å²) in [5.41, 5.74) is 6.80. The van der Waals surface area contributed by atoms with E-state index in [-0.39, 0.29) is 56.9 Å². The monoisotopic (exact) mass is 565 g/mol. The van der Waals surface area contributed by atoms with Crippen LogP contribution >= 0.6 is 34.8 Å². The number of nitrogens with one attached hydrogen (secondary N) is 1. The zero-order valence-electron chi connectivity index (χ0n) is 20.3. The maximum Gasteiger partial charge on any atom is 0.260 e. The van der Waals surface area contributed by atoms with Crippen LogP contribution in [0.2, 0.25) is 10.0 Å². The van der Waals surface area contributed by atoms with Crippen molar-refractivity contribution in [1.82, 2.24) is 14.5 Å². The fraction of sp³-hybridized carbons (Fsp3) is 0.360. The molecule has 9 nitrogen and oxygen atoms in total. The highest BCUT2D eigenvalue weighted by atomic mass is 35.5. The van der Waals surface area contributed by atoms with Gasteiger partial charge in [0.05, 0.1) is 22.7 Å². The van der Waals surface area contributed by atoms with E-state index >= 15 is 0 Å². The van der Waals surface area contributed by atoms with Gasteiger partial charge in [-0.05, 0) is 56.0 Å². The number of carbonyl (C=O) groups excluding carboxylic acids is 1. The van der Waals surface area contributed by atoms with E-state index in [1.807, 2.05) is 6.92 Å². The highest BCUT2D eigenvalue weighted by Gasteiger charge is 2.26. The largest absolute Gasteiger partial charge is 0.495 e. The number of nitrogens with zero attached hydrogens (tertiary/aromatic N) is 3. The number of aryl methyl sites for hydroxylation is 1. The van der Waals surface area contributed by atoms with E-state index in [4.69, 9.17) is 50.0 Å². The van der Waals surface area contributed by atoms with E-state index in [0.717, 1.165) is 25.3 Å². The molecule has 0 amide bonds. The molecule has 0 saturated heterocycles. The van der Waals surface area contributed by atoms with Crippen LogP contribution in [0, 0.1) is 0 Å². The number of fused-ring (bicyclic) bond motifs is 1. The van der Waals surface area contributed by atoms with Gasteiger partial charge in [-0.25, -0.2) is 4.98 Å². The summed E-state index contributed by atoms with van der Waals surface area (Å²) >= 11 is 18.6. The summed E-state index contributed by atoms with van der Waals surface area (Å²) in [6, 6.07) is 3.29. The van der Waals surface area contributed by atoms with Crippen LogP contribution in [-0.4, -0.2) is 45.6 Å². The van der Waals surface area contributed by atoms with E-state index in [9.17, 15) is 9.59 Å². The van der Waals surface area contributed by atoms with Gasteiger partial charge in [-0.1, -0.05) is 23.2 Å². The Labute approximate surface area is 228 Å². The molecule has 2 atom stereocenters. The van der Waals surface area contributed by atoms with Gasteiger partial charge in [-0.2, -0.15) is 4.98 Å². The Morgan fingerprint density at radius 3 is 2.68 bits per heavy atom. The molecule has 1 saturated carbocycles. The Bertz CT molecular complexity index is 1430. The zero-order valence-corrected chi connectivity index (χ0v) is 22.5. The van der Waals surface area contributed by atoms with Gasteiger partial charge in [0.15, 0.2) is 0 Å². The number of rotatable bonds is 9. The van der Waals surface area contributed by atoms with Crippen molar-refractivity contribution in [3.05, 3.63) is 50.9 Å². The van der Waals surface area contributed by atoms with E-state index in [1.165, 1.54) is 23.8 Å². The maximum atomic E-state index is 13.7. The fourth-order valence-corrected chi connectivity index (χ4v) is 5.16. The van der Waals surface area contributed by atoms with E-state index in [1.54, 1.807) is 12.3 Å². The van der Waals surface area contributed by atoms with Gasteiger partial charge in [0.2, 0.25) is 11.2 Å². The van der Waals surface area contributed by atoms with Crippen molar-refractivity contribution in [2.75, 3.05) is 19.0 Å². The summed E-state index contributed by atoms with van der Waals surface area (Å²) in [5, 5.41) is 3.56. The van der Waals surface area contributed by atoms with Crippen LogP contribution in [0.15, 0.2) is 35.3 Å². The van der Waals surface area contributed by atoms with Crippen molar-refractivity contribution >= 4 is 57.0 Å². The predicted molar refractivity (Wildman–Crippen MR) is 146 cm³/mol. The van der Waals surface area contributed by atoms with Gasteiger partial charge in [-0.3, -0.25) is 14.2 Å². The van der Waals surface area contributed by atoms with Crippen molar-refractivity contribution in [3.8, 4) is 22.6 Å². The van der Waals surface area contributed by atoms with E-state index in [0.29, 0.717) is 23.5 Å². The first kappa shape index (κ1) is 27.2. The Kier molecular flexibility index (Phi) is 8.59. The molecule has 1 aliphatic rings. The van der Waals surface area contributed by atoms with Crippen LogP contribution in [0.4, 0.5) is 5.95 Å². The molecule has 37 heavy (non-hydrogen) atoms. The Morgan fingerprint density at radius 2 is 2.03 bits per heavy atom. The SMILES string of the molecule is CCn1c(=O)c(-c2c(Cl)c(OC)cc(OCC=CC(=O)Cl)c2Cl)cc2cnc(NC3CCC[C@@H]3N)nc21. The fourth-order valence-electron chi connectivity index (χ4n) is 4.39. The normalized spacial score (nSPS) is 17.5. The van der Waals surface area contributed by atoms with Gasteiger partial charge >= 0.3 is 0 Å². The van der Waals surface area contributed by atoms with Crippen LogP contribution in [0.5, 0.6) is 11.5 Å². The minimum absolute atomic E-state index is 0.00753. The number of hydrogen-bond acceptors (Lipinski definition) is 8. The molecule has 196 valence electrons. The van der Waals surface area contributed by atoms with Gasteiger partial charge in [0.1, 0.15) is 23.8 Å². The minimum atomic E-state index is -0.632. The second-order valence-electron chi connectivity index (χ2n) is 8.52. The molecule has 1 aromatic carbocycles. The van der Waals surface area contributed by atoms with E-state index < -0.39 is 5.24 Å². The Hall–Kier alpha value is -2.85. The quantitative estimate of drug-likeness (QED) is 0.280. The third-order valence-corrected chi connectivity index (χ3v) is 7.11. The molecular weight excluding hydrogens is 541 g/mol.